The first-order valence-electron chi connectivity index (χ1n) is 7.17. The zero-order valence-corrected chi connectivity index (χ0v) is 12.6. The van der Waals surface area contributed by atoms with Crippen LogP contribution in [-0.4, -0.2) is 17.2 Å². The second-order valence-electron chi connectivity index (χ2n) is 5.19. The summed E-state index contributed by atoms with van der Waals surface area (Å²) in [5.41, 5.74) is 8.04. The highest BCUT2D eigenvalue weighted by atomic mass is 16.7. The topological polar surface area (TPSA) is 60.6 Å². The SMILES string of the molecule is COc1ccc(C2C=C(N)ON2C(C)c2ccccc2)cn1. The van der Waals surface area contributed by atoms with Gasteiger partial charge in [-0.15, -0.1) is 5.06 Å². The Bertz CT molecular complexity index is 655. The molecule has 1 aromatic heterocycles. The van der Waals surface area contributed by atoms with Crippen LogP contribution in [0, 0.1) is 0 Å². The van der Waals surface area contributed by atoms with Crippen molar-refractivity contribution in [3.05, 3.63) is 71.7 Å². The number of nitrogens with two attached hydrogens (primary N) is 1. The Hall–Kier alpha value is -2.53. The van der Waals surface area contributed by atoms with Gasteiger partial charge < -0.3 is 15.3 Å². The predicted octanol–water partition coefficient (Wildman–Crippen LogP) is 2.94. The number of aromatic nitrogens is 1. The molecular weight excluding hydrogens is 278 g/mol. The minimum absolute atomic E-state index is 0.0607. The summed E-state index contributed by atoms with van der Waals surface area (Å²) >= 11 is 0. The monoisotopic (exact) mass is 297 g/mol. The summed E-state index contributed by atoms with van der Waals surface area (Å²) in [6, 6.07) is 14.0. The lowest BCUT2D eigenvalue weighted by atomic mass is 10.0. The standard InChI is InChI=1S/C17H19N3O2/c1-12(13-6-4-3-5-7-13)20-15(10-16(18)22-20)14-8-9-17(21-2)19-11-14/h3-12,15H,18H2,1-2H3. The van der Waals surface area contributed by atoms with Gasteiger partial charge in [-0.3, -0.25) is 0 Å². The van der Waals surface area contributed by atoms with Gasteiger partial charge in [-0.05, 0) is 18.1 Å². The van der Waals surface area contributed by atoms with Crippen molar-refractivity contribution >= 4 is 0 Å². The second kappa shape index (κ2) is 6.07. The van der Waals surface area contributed by atoms with Gasteiger partial charge in [0, 0.05) is 18.3 Å². The van der Waals surface area contributed by atoms with Gasteiger partial charge in [-0.2, -0.15) is 0 Å². The lowest BCUT2D eigenvalue weighted by molar-refractivity contribution is -0.149. The third-order valence-corrected chi connectivity index (χ3v) is 3.78. The van der Waals surface area contributed by atoms with Crippen LogP contribution in [0.25, 0.3) is 0 Å². The van der Waals surface area contributed by atoms with Gasteiger partial charge in [0.25, 0.3) is 0 Å². The fourth-order valence-electron chi connectivity index (χ4n) is 2.57. The van der Waals surface area contributed by atoms with E-state index in [-0.39, 0.29) is 12.1 Å². The van der Waals surface area contributed by atoms with Crippen LogP contribution in [0.15, 0.2) is 60.6 Å². The quantitative estimate of drug-likeness (QED) is 0.940. The van der Waals surface area contributed by atoms with Gasteiger partial charge in [0.15, 0.2) is 0 Å². The normalized spacial score (nSPS) is 19.4. The molecule has 2 heterocycles. The van der Waals surface area contributed by atoms with Crippen molar-refractivity contribution in [1.29, 1.82) is 0 Å². The fraction of sp³-hybridized carbons (Fsp3) is 0.235. The summed E-state index contributed by atoms with van der Waals surface area (Å²) in [5, 5.41) is 1.88. The number of nitrogens with zero attached hydrogens (tertiary/aromatic N) is 2. The van der Waals surface area contributed by atoms with E-state index in [1.54, 1.807) is 13.3 Å². The Labute approximate surface area is 129 Å². The van der Waals surface area contributed by atoms with Crippen molar-refractivity contribution in [3.8, 4) is 5.88 Å². The maximum absolute atomic E-state index is 5.88. The van der Waals surface area contributed by atoms with E-state index in [1.165, 1.54) is 0 Å². The molecule has 2 atom stereocenters. The molecule has 2 N–H and O–H groups in total. The summed E-state index contributed by atoms with van der Waals surface area (Å²) in [5.74, 6) is 0.992. The largest absolute Gasteiger partial charge is 0.481 e. The number of hydroxylamine groups is 2. The van der Waals surface area contributed by atoms with Gasteiger partial charge in [0.05, 0.1) is 19.2 Å². The van der Waals surface area contributed by atoms with Crippen molar-refractivity contribution in [1.82, 2.24) is 10.0 Å². The van der Waals surface area contributed by atoms with E-state index in [9.17, 15) is 0 Å². The number of hydrogen-bond acceptors (Lipinski definition) is 5. The number of hydrogen-bond donors (Lipinski definition) is 1. The zero-order valence-electron chi connectivity index (χ0n) is 12.6. The van der Waals surface area contributed by atoms with Gasteiger partial charge in [-0.1, -0.05) is 36.4 Å². The van der Waals surface area contributed by atoms with Crippen molar-refractivity contribution in [3.63, 3.8) is 0 Å². The van der Waals surface area contributed by atoms with E-state index in [0.29, 0.717) is 11.8 Å². The molecule has 1 aliphatic rings. The molecule has 5 nitrogen and oxygen atoms in total. The molecule has 3 rings (SSSR count). The Balaban J connectivity index is 1.87. The molecule has 0 amide bonds. The second-order valence-corrected chi connectivity index (χ2v) is 5.19. The van der Waals surface area contributed by atoms with Crippen LogP contribution in [0.2, 0.25) is 0 Å². The molecule has 0 spiro atoms. The van der Waals surface area contributed by atoms with E-state index < -0.39 is 0 Å². The first-order valence-corrected chi connectivity index (χ1v) is 7.17. The van der Waals surface area contributed by atoms with Crippen LogP contribution in [0.4, 0.5) is 0 Å². The first-order chi connectivity index (χ1) is 10.7. The predicted molar refractivity (Wildman–Crippen MR) is 83.6 cm³/mol. The fourth-order valence-corrected chi connectivity index (χ4v) is 2.57. The molecule has 0 aliphatic carbocycles. The molecule has 0 bridgehead atoms. The molecule has 1 aliphatic heterocycles. The summed E-state index contributed by atoms with van der Waals surface area (Å²) in [6.45, 7) is 2.09. The zero-order chi connectivity index (χ0) is 15.5. The highest BCUT2D eigenvalue weighted by Crippen LogP contribution is 2.36. The lowest BCUT2D eigenvalue weighted by Gasteiger charge is -2.29. The van der Waals surface area contributed by atoms with Gasteiger partial charge in [0.2, 0.25) is 11.8 Å². The molecule has 2 unspecified atom stereocenters. The Morgan fingerprint density at radius 3 is 2.64 bits per heavy atom. The van der Waals surface area contributed by atoms with Crippen LogP contribution < -0.4 is 10.5 Å². The molecule has 0 fully saturated rings. The van der Waals surface area contributed by atoms with E-state index in [1.807, 2.05) is 41.5 Å². The van der Waals surface area contributed by atoms with Crippen LogP contribution in [0.1, 0.15) is 30.1 Å². The van der Waals surface area contributed by atoms with Gasteiger partial charge in [0.1, 0.15) is 0 Å². The number of pyridine rings is 1. The molecule has 2 aromatic rings. The first kappa shape index (κ1) is 14.4. The summed E-state index contributed by atoms with van der Waals surface area (Å²) < 4.78 is 5.10. The highest BCUT2D eigenvalue weighted by molar-refractivity contribution is 5.27. The minimum Gasteiger partial charge on any atom is -0.481 e. The average Bonchev–Trinajstić information content (AvgIpc) is 2.97. The summed E-state index contributed by atoms with van der Waals surface area (Å²) in [4.78, 5) is 9.97. The van der Waals surface area contributed by atoms with Crippen molar-refractivity contribution in [2.45, 2.75) is 19.0 Å². The van der Waals surface area contributed by atoms with E-state index >= 15 is 0 Å². The van der Waals surface area contributed by atoms with Crippen LogP contribution >= 0.6 is 0 Å². The highest BCUT2D eigenvalue weighted by Gasteiger charge is 2.32. The van der Waals surface area contributed by atoms with Crippen molar-refractivity contribution < 1.29 is 9.57 Å². The molecule has 0 saturated carbocycles. The molecule has 5 heteroatoms. The molecule has 0 radical (unpaired) electrons. The van der Waals surface area contributed by atoms with Crippen molar-refractivity contribution in [2.24, 2.45) is 5.73 Å². The minimum atomic E-state index is -0.0754. The van der Waals surface area contributed by atoms with E-state index in [0.717, 1.165) is 11.1 Å². The molecule has 1 aromatic carbocycles. The number of rotatable bonds is 4. The number of ether oxygens (including phenoxy) is 1. The third kappa shape index (κ3) is 2.76. The van der Waals surface area contributed by atoms with E-state index in [2.05, 4.69) is 24.0 Å². The smallest absolute Gasteiger partial charge is 0.212 e. The number of benzene rings is 1. The summed E-state index contributed by atoms with van der Waals surface area (Å²) in [7, 11) is 1.60. The summed E-state index contributed by atoms with van der Waals surface area (Å²) in [6.07, 6.45) is 3.68. The molecular formula is C17H19N3O2. The Morgan fingerprint density at radius 1 is 1.23 bits per heavy atom. The average molecular weight is 297 g/mol. The van der Waals surface area contributed by atoms with Gasteiger partial charge in [-0.25, -0.2) is 4.98 Å². The molecule has 114 valence electrons. The molecule has 22 heavy (non-hydrogen) atoms. The Kier molecular flexibility index (Phi) is 3.98. The Morgan fingerprint density at radius 2 is 2.00 bits per heavy atom. The van der Waals surface area contributed by atoms with Gasteiger partial charge >= 0.3 is 0 Å². The maximum Gasteiger partial charge on any atom is 0.212 e. The van der Waals surface area contributed by atoms with Crippen molar-refractivity contribution in [2.75, 3.05) is 7.11 Å². The maximum atomic E-state index is 5.88. The molecule has 0 saturated heterocycles. The van der Waals surface area contributed by atoms with Crippen LogP contribution in [-0.2, 0) is 4.84 Å². The van der Waals surface area contributed by atoms with E-state index in [4.69, 9.17) is 15.3 Å². The third-order valence-electron chi connectivity index (χ3n) is 3.78. The van der Waals surface area contributed by atoms with Crippen LogP contribution in [0.3, 0.4) is 0 Å². The van der Waals surface area contributed by atoms with Crippen LogP contribution in [0.5, 0.6) is 5.88 Å². The number of methoxy groups -OCH3 is 1. The lowest BCUT2D eigenvalue weighted by Crippen LogP contribution is -2.27.